The fraction of sp³-hybridized carbons (Fsp3) is 0.154. The lowest BCUT2D eigenvalue weighted by atomic mass is 10.1. The van der Waals surface area contributed by atoms with Gasteiger partial charge in [-0.1, -0.05) is 33.8 Å². The number of halogens is 1. The molecule has 0 aliphatic heterocycles. The molecule has 0 saturated heterocycles. The van der Waals surface area contributed by atoms with Crippen LogP contribution in [0.15, 0.2) is 45.2 Å². The third-order valence-electron chi connectivity index (χ3n) is 2.86. The number of nitrogens with two attached hydrogens (primary N) is 1. The smallest absolute Gasteiger partial charge is 0.181 e. The van der Waals surface area contributed by atoms with Crippen LogP contribution in [-0.4, -0.2) is 19.9 Å². The highest BCUT2D eigenvalue weighted by molar-refractivity contribution is 9.10. The number of H-pyrrole nitrogens is 1. The molecule has 3 rings (SSSR count). The first-order valence-corrected chi connectivity index (χ1v) is 7.63. The van der Waals surface area contributed by atoms with Gasteiger partial charge < -0.3 is 10.7 Å². The van der Waals surface area contributed by atoms with Crippen molar-refractivity contribution in [2.45, 2.75) is 22.9 Å². The lowest BCUT2D eigenvalue weighted by molar-refractivity contribution is 0.796. The van der Waals surface area contributed by atoms with E-state index in [1.54, 1.807) is 18.1 Å². The van der Waals surface area contributed by atoms with Crippen LogP contribution in [0.2, 0.25) is 0 Å². The molecule has 3 N–H and O–H groups in total. The van der Waals surface area contributed by atoms with Crippen LogP contribution in [0.5, 0.6) is 0 Å². The maximum absolute atomic E-state index is 6.03. The molecule has 7 heteroatoms. The Morgan fingerprint density at radius 1 is 1.30 bits per heavy atom. The number of aromatic nitrogens is 4. The SMILES string of the molecule is CC(N)c1ccc(Br)cc1Sc1ncnc2nc[nH]c12. The first-order chi connectivity index (χ1) is 9.65. The van der Waals surface area contributed by atoms with Crippen molar-refractivity contribution in [2.75, 3.05) is 0 Å². The molecule has 2 aromatic heterocycles. The topological polar surface area (TPSA) is 80.5 Å². The zero-order valence-corrected chi connectivity index (χ0v) is 13.1. The Morgan fingerprint density at radius 2 is 2.15 bits per heavy atom. The predicted octanol–water partition coefficient (Wildman–Crippen LogP) is 3.29. The maximum Gasteiger partial charge on any atom is 0.181 e. The molecular weight excluding hydrogens is 338 g/mol. The number of fused-ring (bicyclic) bond motifs is 1. The molecule has 5 nitrogen and oxygen atoms in total. The van der Waals surface area contributed by atoms with E-state index >= 15 is 0 Å². The molecule has 102 valence electrons. The summed E-state index contributed by atoms with van der Waals surface area (Å²) in [5, 5.41) is 0.840. The number of nitrogens with one attached hydrogen (secondary N) is 1. The van der Waals surface area contributed by atoms with Crippen LogP contribution >= 0.6 is 27.7 Å². The molecule has 1 unspecified atom stereocenters. The molecule has 0 aliphatic carbocycles. The van der Waals surface area contributed by atoms with Crippen molar-refractivity contribution in [2.24, 2.45) is 5.73 Å². The quantitative estimate of drug-likeness (QED) is 0.709. The third kappa shape index (κ3) is 2.56. The van der Waals surface area contributed by atoms with Crippen molar-refractivity contribution in [1.82, 2.24) is 19.9 Å². The number of hydrogen-bond donors (Lipinski definition) is 2. The van der Waals surface area contributed by atoms with Gasteiger partial charge in [-0.25, -0.2) is 15.0 Å². The summed E-state index contributed by atoms with van der Waals surface area (Å²) in [6, 6.07) is 6.04. The third-order valence-corrected chi connectivity index (χ3v) is 4.43. The van der Waals surface area contributed by atoms with Gasteiger partial charge in [0.15, 0.2) is 5.65 Å². The first kappa shape index (κ1) is 13.5. The molecule has 0 aliphatic rings. The molecule has 1 atom stereocenters. The number of imidazole rings is 1. The van der Waals surface area contributed by atoms with Gasteiger partial charge in [0.1, 0.15) is 16.9 Å². The Labute approximate surface area is 128 Å². The van der Waals surface area contributed by atoms with E-state index in [0.717, 1.165) is 25.5 Å². The van der Waals surface area contributed by atoms with E-state index < -0.39 is 0 Å². The second-order valence-corrected chi connectivity index (χ2v) is 6.30. The standard InChI is InChI=1S/C13H12BrN5S/c1-7(15)9-3-2-8(14)4-10(9)20-13-11-12(17-5-16-11)18-6-19-13/h2-7H,15H2,1H3,(H,16,17,18,19). The van der Waals surface area contributed by atoms with Crippen LogP contribution in [0.1, 0.15) is 18.5 Å². The Hall–Kier alpha value is -1.44. The second-order valence-electron chi connectivity index (χ2n) is 4.35. The van der Waals surface area contributed by atoms with E-state index in [1.165, 1.54) is 6.33 Å². The summed E-state index contributed by atoms with van der Waals surface area (Å²) < 4.78 is 1.01. The minimum Gasteiger partial charge on any atom is -0.341 e. The minimum absolute atomic E-state index is 0.0373. The molecule has 0 bridgehead atoms. The summed E-state index contributed by atoms with van der Waals surface area (Å²) in [4.78, 5) is 16.7. The molecule has 3 aromatic rings. The van der Waals surface area contributed by atoms with Crippen molar-refractivity contribution in [3.63, 3.8) is 0 Å². The Bertz CT molecular complexity index is 755. The molecule has 0 fully saturated rings. The fourth-order valence-corrected chi connectivity index (χ4v) is 3.53. The van der Waals surface area contributed by atoms with Gasteiger partial charge in [-0.2, -0.15) is 0 Å². The molecule has 20 heavy (non-hydrogen) atoms. The van der Waals surface area contributed by atoms with E-state index in [2.05, 4.69) is 35.9 Å². The number of aromatic amines is 1. The summed E-state index contributed by atoms with van der Waals surface area (Å²) in [6.07, 6.45) is 3.14. The highest BCUT2D eigenvalue weighted by Gasteiger charge is 2.13. The van der Waals surface area contributed by atoms with Crippen molar-refractivity contribution in [3.05, 3.63) is 40.9 Å². The first-order valence-electron chi connectivity index (χ1n) is 6.02. The number of rotatable bonds is 3. The Balaban J connectivity index is 2.07. The van der Waals surface area contributed by atoms with Crippen LogP contribution in [0.3, 0.4) is 0 Å². The summed E-state index contributed by atoms with van der Waals surface area (Å²) in [7, 11) is 0. The van der Waals surface area contributed by atoms with Crippen molar-refractivity contribution in [1.29, 1.82) is 0 Å². The van der Waals surface area contributed by atoms with Crippen LogP contribution in [0.25, 0.3) is 11.2 Å². The minimum atomic E-state index is -0.0373. The van der Waals surface area contributed by atoms with Gasteiger partial charge >= 0.3 is 0 Å². The molecule has 1 aromatic carbocycles. The highest BCUT2D eigenvalue weighted by atomic mass is 79.9. The maximum atomic E-state index is 6.03. The van der Waals surface area contributed by atoms with Gasteiger partial charge in [-0.3, -0.25) is 0 Å². The zero-order valence-electron chi connectivity index (χ0n) is 10.7. The molecular formula is C13H12BrN5S. The lowest BCUT2D eigenvalue weighted by Gasteiger charge is -2.12. The van der Waals surface area contributed by atoms with E-state index in [-0.39, 0.29) is 6.04 Å². The van der Waals surface area contributed by atoms with E-state index in [1.807, 2.05) is 25.1 Å². The lowest BCUT2D eigenvalue weighted by Crippen LogP contribution is -2.06. The fourth-order valence-electron chi connectivity index (χ4n) is 1.90. The van der Waals surface area contributed by atoms with Gasteiger partial charge in [0.05, 0.1) is 6.33 Å². The second kappa shape index (κ2) is 5.51. The predicted molar refractivity (Wildman–Crippen MR) is 82.6 cm³/mol. The Morgan fingerprint density at radius 3 is 2.95 bits per heavy atom. The summed E-state index contributed by atoms with van der Waals surface area (Å²) in [6.45, 7) is 1.97. The number of hydrogen-bond acceptors (Lipinski definition) is 5. The van der Waals surface area contributed by atoms with Gasteiger partial charge in [0.25, 0.3) is 0 Å². The van der Waals surface area contributed by atoms with Gasteiger partial charge in [-0.05, 0) is 24.6 Å². The monoisotopic (exact) mass is 349 g/mol. The molecule has 0 spiro atoms. The average molecular weight is 350 g/mol. The van der Waals surface area contributed by atoms with E-state index in [4.69, 9.17) is 5.73 Å². The van der Waals surface area contributed by atoms with Crippen LogP contribution in [0.4, 0.5) is 0 Å². The molecule has 0 saturated carbocycles. The van der Waals surface area contributed by atoms with Gasteiger partial charge in [-0.15, -0.1) is 0 Å². The zero-order chi connectivity index (χ0) is 14.1. The summed E-state index contributed by atoms with van der Waals surface area (Å²) >= 11 is 5.05. The van der Waals surface area contributed by atoms with Gasteiger partial charge in [0.2, 0.25) is 0 Å². The van der Waals surface area contributed by atoms with E-state index in [0.29, 0.717) is 5.65 Å². The van der Waals surface area contributed by atoms with Crippen molar-refractivity contribution < 1.29 is 0 Å². The van der Waals surface area contributed by atoms with Crippen LogP contribution < -0.4 is 5.73 Å². The summed E-state index contributed by atoms with van der Waals surface area (Å²) in [5.41, 5.74) is 8.62. The Kier molecular flexibility index (Phi) is 3.73. The molecule has 2 heterocycles. The molecule has 0 amide bonds. The van der Waals surface area contributed by atoms with Crippen LogP contribution in [-0.2, 0) is 0 Å². The highest BCUT2D eigenvalue weighted by Crippen LogP contribution is 2.35. The summed E-state index contributed by atoms with van der Waals surface area (Å²) in [5.74, 6) is 0. The number of nitrogens with zero attached hydrogens (tertiary/aromatic N) is 3. The van der Waals surface area contributed by atoms with Crippen molar-refractivity contribution >= 4 is 38.9 Å². The van der Waals surface area contributed by atoms with E-state index in [9.17, 15) is 0 Å². The number of benzene rings is 1. The van der Waals surface area contributed by atoms with Crippen molar-refractivity contribution in [3.8, 4) is 0 Å². The normalized spacial score (nSPS) is 12.8. The largest absolute Gasteiger partial charge is 0.341 e. The average Bonchev–Trinajstić information content (AvgIpc) is 2.88. The molecule has 0 radical (unpaired) electrons. The van der Waals surface area contributed by atoms with Gasteiger partial charge in [0, 0.05) is 15.4 Å². The van der Waals surface area contributed by atoms with Crippen LogP contribution in [0, 0.1) is 0 Å².